The average Bonchev–Trinajstić information content (AvgIpc) is 3.04. The predicted octanol–water partition coefficient (Wildman–Crippen LogP) is 3.59. The monoisotopic (exact) mass is 331 g/mol. The second-order valence-electron chi connectivity index (χ2n) is 6.78. The topological polar surface area (TPSA) is 20.3 Å². The van der Waals surface area contributed by atoms with Crippen LogP contribution in [-0.2, 0) is 4.79 Å². The van der Waals surface area contributed by atoms with Crippen LogP contribution >= 0.6 is 0 Å². The first-order chi connectivity index (χ1) is 12.0. The summed E-state index contributed by atoms with van der Waals surface area (Å²) in [5.41, 5.74) is 5.46. The smallest absolute Gasteiger partial charge is 0.159 e. The van der Waals surface area contributed by atoms with Gasteiger partial charge in [-0.05, 0) is 46.0 Å². The van der Waals surface area contributed by atoms with Crippen LogP contribution in [0.25, 0.3) is 28.5 Å². The molecule has 0 saturated carbocycles. The van der Waals surface area contributed by atoms with Crippen LogP contribution in [0, 0.1) is 0 Å². The fourth-order valence-electron chi connectivity index (χ4n) is 3.26. The average molecular weight is 331 g/mol. The third kappa shape index (κ3) is 3.43. The first-order valence-corrected chi connectivity index (χ1v) is 8.85. The Morgan fingerprint density at radius 2 is 1.76 bits per heavy atom. The quantitative estimate of drug-likeness (QED) is 0.806. The van der Waals surface area contributed by atoms with Gasteiger partial charge in [0.2, 0.25) is 0 Å². The van der Waals surface area contributed by atoms with Crippen molar-refractivity contribution in [3.63, 3.8) is 0 Å². The van der Waals surface area contributed by atoms with Gasteiger partial charge in [-0.3, -0.25) is 4.79 Å². The standard InChI is InChI=1S/C23H25NO/c1-5-6-23(25)22-14-12-20-15-19(11-13-21(20)22)18-9-7-17(8-10-18)16(2)24(3)4/h7-13,15H,2,5-6,14H2,1,3-4H3. The maximum absolute atomic E-state index is 12.3. The Balaban J connectivity index is 1.94. The second kappa shape index (κ2) is 7.10. The van der Waals surface area contributed by atoms with E-state index in [1.54, 1.807) is 0 Å². The van der Waals surface area contributed by atoms with Gasteiger partial charge in [-0.2, -0.15) is 0 Å². The Hall–Kier alpha value is -2.61. The molecule has 2 aromatic carbocycles. The van der Waals surface area contributed by atoms with Crippen LogP contribution in [0.2, 0.25) is 0 Å². The molecule has 0 heterocycles. The van der Waals surface area contributed by atoms with E-state index in [-0.39, 0.29) is 5.78 Å². The van der Waals surface area contributed by atoms with Gasteiger partial charge in [-0.1, -0.05) is 56.0 Å². The summed E-state index contributed by atoms with van der Waals surface area (Å²) in [5, 5.41) is 2.29. The SMILES string of the molecule is C=C(c1ccc(-c2ccc3c(c2)=CCC=3C(=O)CCC)cc1)N(C)C. The molecule has 2 aromatic rings. The molecule has 1 aliphatic carbocycles. The maximum Gasteiger partial charge on any atom is 0.159 e. The molecular weight excluding hydrogens is 306 g/mol. The van der Waals surface area contributed by atoms with Crippen LogP contribution in [0.5, 0.6) is 0 Å². The highest BCUT2D eigenvalue weighted by Crippen LogP contribution is 2.22. The van der Waals surface area contributed by atoms with Crippen LogP contribution in [0.1, 0.15) is 31.7 Å². The van der Waals surface area contributed by atoms with Crippen molar-refractivity contribution >= 4 is 23.1 Å². The van der Waals surface area contributed by atoms with Crippen molar-refractivity contribution in [2.45, 2.75) is 26.2 Å². The molecule has 0 unspecified atom stereocenters. The summed E-state index contributed by atoms with van der Waals surface area (Å²) < 4.78 is 0. The molecule has 0 N–H and O–H groups in total. The van der Waals surface area contributed by atoms with Gasteiger partial charge in [0.15, 0.2) is 5.78 Å². The molecule has 2 nitrogen and oxygen atoms in total. The zero-order valence-corrected chi connectivity index (χ0v) is 15.3. The molecule has 1 aliphatic rings. The van der Waals surface area contributed by atoms with E-state index in [4.69, 9.17) is 0 Å². The van der Waals surface area contributed by atoms with Crippen LogP contribution in [0.4, 0.5) is 0 Å². The number of ketones is 1. The Kier molecular flexibility index (Phi) is 4.89. The molecule has 0 radical (unpaired) electrons. The predicted molar refractivity (Wildman–Crippen MR) is 106 cm³/mol. The first kappa shape index (κ1) is 17.2. The minimum absolute atomic E-state index is 0.289. The van der Waals surface area contributed by atoms with Crippen molar-refractivity contribution in [3.05, 3.63) is 65.0 Å². The van der Waals surface area contributed by atoms with Gasteiger partial charge in [0.25, 0.3) is 0 Å². The van der Waals surface area contributed by atoms with Crippen molar-refractivity contribution < 1.29 is 4.79 Å². The van der Waals surface area contributed by atoms with Crippen LogP contribution in [0.15, 0.2) is 49.0 Å². The number of carbonyl (C=O) groups excluding carboxylic acids is 1. The van der Waals surface area contributed by atoms with Gasteiger partial charge in [0, 0.05) is 31.8 Å². The lowest BCUT2D eigenvalue weighted by atomic mass is 10.0. The number of nitrogens with zero attached hydrogens (tertiary/aromatic N) is 1. The van der Waals surface area contributed by atoms with Crippen LogP contribution < -0.4 is 10.4 Å². The molecule has 128 valence electrons. The molecule has 0 aromatic heterocycles. The van der Waals surface area contributed by atoms with Gasteiger partial charge < -0.3 is 4.90 Å². The molecule has 0 saturated heterocycles. The Labute approximate surface area is 149 Å². The zero-order valence-electron chi connectivity index (χ0n) is 15.3. The first-order valence-electron chi connectivity index (χ1n) is 8.85. The molecule has 0 fully saturated rings. The zero-order chi connectivity index (χ0) is 18.0. The maximum atomic E-state index is 12.3. The number of fused-ring (bicyclic) bond motifs is 1. The summed E-state index contributed by atoms with van der Waals surface area (Å²) >= 11 is 0. The van der Waals surface area contributed by atoms with E-state index in [1.807, 2.05) is 19.0 Å². The van der Waals surface area contributed by atoms with Crippen molar-refractivity contribution in [1.29, 1.82) is 0 Å². The highest BCUT2D eigenvalue weighted by molar-refractivity contribution is 6.16. The minimum atomic E-state index is 0.289. The van der Waals surface area contributed by atoms with E-state index in [1.165, 1.54) is 16.3 Å². The second-order valence-corrected chi connectivity index (χ2v) is 6.78. The Bertz CT molecular complexity index is 933. The summed E-state index contributed by atoms with van der Waals surface area (Å²) in [6.07, 6.45) is 4.48. The summed E-state index contributed by atoms with van der Waals surface area (Å²) in [5.74, 6) is 0.289. The van der Waals surface area contributed by atoms with Crippen LogP contribution in [-0.4, -0.2) is 24.8 Å². The molecule has 0 atom stereocenters. The minimum Gasteiger partial charge on any atom is -0.378 e. The van der Waals surface area contributed by atoms with Crippen molar-refractivity contribution in [2.24, 2.45) is 0 Å². The molecule has 0 aliphatic heterocycles. The van der Waals surface area contributed by atoms with Crippen molar-refractivity contribution in [1.82, 2.24) is 4.90 Å². The number of hydrogen-bond donors (Lipinski definition) is 0. The molecular formula is C23H25NO. The molecule has 3 rings (SSSR count). The summed E-state index contributed by atoms with van der Waals surface area (Å²) in [6, 6.07) is 14.9. The van der Waals surface area contributed by atoms with Crippen LogP contribution in [0.3, 0.4) is 0 Å². The molecule has 25 heavy (non-hydrogen) atoms. The lowest BCUT2D eigenvalue weighted by Crippen LogP contribution is -2.24. The number of carbonyl (C=O) groups is 1. The number of rotatable bonds is 6. The van der Waals surface area contributed by atoms with E-state index in [9.17, 15) is 4.79 Å². The summed E-state index contributed by atoms with van der Waals surface area (Å²) in [4.78, 5) is 14.3. The van der Waals surface area contributed by atoms with Gasteiger partial charge in [0.1, 0.15) is 0 Å². The highest BCUT2D eigenvalue weighted by Gasteiger charge is 2.13. The third-order valence-corrected chi connectivity index (χ3v) is 4.81. The van der Waals surface area contributed by atoms with Crippen molar-refractivity contribution in [2.75, 3.05) is 14.1 Å². The third-order valence-electron chi connectivity index (χ3n) is 4.81. The summed E-state index contributed by atoms with van der Waals surface area (Å²) in [6.45, 7) is 6.15. The fourth-order valence-corrected chi connectivity index (χ4v) is 3.26. The van der Waals surface area contributed by atoms with E-state index < -0.39 is 0 Å². The summed E-state index contributed by atoms with van der Waals surface area (Å²) in [7, 11) is 4.00. The van der Waals surface area contributed by atoms with E-state index in [2.05, 4.69) is 62.0 Å². The van der Waals surface area contributed by atoms with Gasteiger partial charge in [-0.25, -0.2) is 0 Å². The molecule has 0 bridgehead atoms. The Morgan fingerprint density at radius 1 is 1.08 bits per heavy atom. The van der Waals surface area contributed by atoms with E-state index in [0.29, 0.717) is 6.42 Å². The molecule has 2 heteroatoms. The largest absolute Gasteiger partial charge is 0.378 e. The fraction of sp³-hybridized carbons (Fsp3) is 0.261. The number of benzene rings is 2. The van der Waals surface area contributed by atoms with Gasteiger partial charge >= 0.3 is 0 Å². The highest BCUT2D eigenvalue weighted by atomic mass is 16.1. The van der Waals surface area contributed by atoms with E-state index in [0.717, 1.165) is 34.9 Å². The van der Waals surface area contributed by atoms with Gasteiger partial charge in [0.05, 0.1) is 0 Å². The van der Waals surface area contributed by atoms with E-state index >= 15 is 0 Å². The van der Waals surface area contributed by atoms with Crippen molar-refractivity contribution in [3.8, 4) is 11.1 Å². The molecule has 0 amide bonds. The Morgan fingerprint density at radius 3 is 2.40 bits per heavy atom. The normalized spacial score (nSPS) is 12.5. The van der Waals surface area contributed by atoms with Gasteiger partial charge in [-0.15, -0.1) is 0 Å². The lowest BCUT2D eigenvalue weighted by molar-refractivity contribution is -0.114. The number of hydrogen-bond acceptors (Lipinski definition) is 2. The lowest BCUT2D eigenvalue weighted by Gasteiger charge is -2.16. The molecule has 0 spiro atoms. The number of Topliss-reactive ketones (excluding diaryl/α,β-unsaturated/α-hetero) is 1.